The summed E-state index contributed by atoms with van der Waals surface area (Å²) in [7, 11) is 1.27. The lowest BCUT2D eigenvalue weighted by molar-refractivity contribution is -0.273. The van der Waals surface area contributed by atoms with E-state index in [1.165, 1.54) is 37.3 Å². The van der Waals surface area contributed by atoms with Gasteiger partial charge in [-0.2, -0.15) is 0 Å². The van der Waals surface area contributed by atoms with Crippen LogP contribution in [-0.4, -0.2) is 57.5 Å². The molecule has 3 aromatic carbocycles. The van der Waals surface area contributed by atoms with Gasteiger partial charge in [-0.3, -0.25) is 24.1 Å². The minimum atomic E-state index is -1.92. The van der Waals surface area contributed by atoms with Crippen molar-refractivity contribution in [3.63, 3.8) is 0 Å². The van der Waals surface area contributed by atoms with Crippen LogP contribution < -0.4 is 4.84 Å². The number of thioether (sulfide) groups is 1. The summed E-state index contributed by atoms with van der Waals surface area (Å²) in [5.74, 6) is -1.71. The smallest absolute Gasteiger partial charge is 0.324 e. The molecule has 2 amide bonds. The summed E-state index contributed by atoms with van der Waals surface area (Å²) in [4.78, 5) is 59.0. The van der Waals surface area contributed by atoms with Gasteiger partial charge in [0.05, 0.1) is 0 Å². The third-order valence-electron chi connectivity index (χ3n) is 6.68. The number of carbonyl (C=O) groups excluding carboxylic acids is 4. The number of amides is 2. The first-order valence-corrected chi connectivity index (χ1v) is 13.9. The highest BCUT2D eigenvalue weighted by molar-refractivity contribution is 8.01. The molecular formula is C30H25ClN2O7S. The van der Waals surface area contributed by atoms with Gasteiger partial charge in [-0.25, -0.2) is 0 Å². The second-order valence-electron chi connectivity index (χ2n) is 9.23. The molecule has 3 atom stereocenters. The predicted molar refractivity (Wildman–Crippen MR) is 151 cm³/mol. The Morgan fingerprint density at radius 2 is 1.59 bits per heavy atom. The molecule has 0 aromatic heterocycles. The first-order valence-electron chi connectivity index (χ1n) is 12.5. The van der Waals surface area contributed by atoms with Gasteiger partial charge in [0, 0.05) is 30.8 Å². The van der Waals surface area contributed by atoms with Crippen LogP contribution in [0.25, 0.3) is 0 Å². The molecule has 1 fully saturated rings. The highest BCUT2D eigenvalue weighted by Crippen LogP contribution is 2.50. The van der Waals surface area contributed by atoms with Crippen molar-refractivity contribution in [3.8, 4) is 5.75 Å². The van der Waals surface area contributed by atoms with Crippen LogP contribution in [0, 0.1) is 0 Å². The lowest BCUT2D eigenvalue weighted by atomic mass is 10.00. The summed E-state index contributed by atoms with van der Waals surface area (Å²) in [5, 5.41) is -0.745. The standard InChI is InChI=1S/C30H25ClN2O7S/c1-19(35)33(40-24-15-13-23(31)14-16-24)30(38-2)28(37)32-17-22(18-34)26(41-29(30)32)27(36)39-25(20-9-5-3-6-10-20)21-11-7-4-8-12-21/h3-18,25-26,29H,1-2H3/t26?,29-,30?/m1/s1. The van der Waals surface area contributed by atoms with Crippen LogP contribution in [0.1, 0.15) is 24.2 Å². The summed E-state index contributed by atoms with van der Waals surface area (Å²) in [6.45, 7) is 1.23. The maximum atomic E-state index is 13.7. The Morgan fingerprint density at radius 3 is 2.10 bits per heavy atom. The fourth-order valence-electron chi connectivity index (χ4n) is 4.71. The van der Waals surface area contributed by atoms with Gasteiger partial charge in [-0.05, 0) is 35.4 Å². The van der Waals surface area contributed by atoms with E-state index < -0.39 is 40.2 Å². The first-order chi connectivity index (χ1) is 19.8. The number of aldehydes is 1. The number of nitrogens with zero attached hydrogens (tertiary/aromatic N) is 2. The number of esters is 1. The van der Waals surface area contributed by atoms with E-state index in [0.717, 1.165) is 28.0 Å². The lowest BCUT2D eigenvalue weighted by Crippen LogP contribution is -2.80. The number of hydrogen-bond donors (Lipinski definition) is 0. The van der Waals surface area contributed by atoms with E-state index in [4.69, 9.17) is 25.9 Å². The van der Waals surface area contributed by atoms with Crippen molar-refractivity contribution >= 4 is 47.4 Å². The zero-order valence-corrected chi connectivity index (χ0v) is 23.6. The highest BCUT2D eigenvalue weighted by atomic mass is 35.5. The van der Waals surface area contributed by atoms with E-state index in [2.05, 4.69) is 0 Å². The molecule has 5 rings (SSSR count). The van der Waals surface area contributed by atoms with Crippen molar-refractivity contribution in [2.75, 3.05) is 7.11 Å². The molecule has 0 radical (unpaired) electrons. The van der Waals surface area contributed by atoms with E-state index >= 15 is 0 Å². The monoisotopic (exact) mass is 592 g/mol. The Kier molecular flexibility index (Phi) is 8.16. The molecule has 0 aliphatic carbocycles. The minimum Gasteiger partial charge on any atom is -0.451 e. The number of halogens is 1. The van der Waals surface area contributed by atoms with Crippen molar-refractivity contribution in [3.05, 3.63) is 113 Å². The molecule has 11 heteroatoms. The molecule has 0 N–H and O–H groups in total. The van der Waals surface area contributed by atoms with Crippen LogP contribution in [0.3, 0.4) is 0 Å². The minimum absolute atomic E-state index is 0.0437. The van der Waals surface area contributed by atoms with Crippen LogP contribution in [0.2, 0.25) is 5.02 Å². The average Bonchev–Trinajstić information content (AvgIpc) is 3.00. The van der Waals surface area contributed by atoms with Crippen LogP contribution in [0.15, 0.2) is 96.7 Å². The number of methoxy groups -OCH3 is 1. The second-order valence-corrected chi connectivity index (χ2v) is 10.9. The quantitative estimate of drug-likeness (QED) is 0.117. The largest absolute Gasteiger partial charge is 0.451 e. The van der Waals surface area contributed by atoms with E-state index in [-0.39, 0.29) is 11.3 Å². The van der Waals surface area contributed by atoms with Crippen LogP contribution in [0.5, 0.6) is 5.75 Å². The number of hydrogen-bond acceptors (Lipinski definition) is 8. The fourth-order valence-corrected chi connectivity index (χ4v) is 6.30. The number of ether oxygens (including phenoxy) is 2. The van der Waals surface area contributed by atoms with Crippen molar-refractivity contribution in [1.82, 2.24) is 9.96 Å². The topological polar surface area (TPSA) is 102 Å². The summed E-state index contributed by atoms with van der Waals surface area (Å²) < 4.78 is 11.7. The first kappa shape index (κ1) is 28.4. The van der Waals surface area contributed by atoms with Crippen molar-refractivity contribution in [2.24, 2.45) is 0 Å². The molecule has 1 saturated heterocycles. The summed E-state index contributed by atoms with van der Waals surface area (Å²) in [6, 6.07) is 24.7. The van der Waals surface area contributed by atoms with E-state index in [1.54, 1.807) is 12.1 Å². The Morgan fingerprint density at radius 1 is 1.00 bits per heavy atom. The molecule has 2 aliphatic rings. The molecule has 2 unspecified atom stereocenters. The maximum Gasteiger partial charge on any atom is 0.324 e. The number of β-lactam (4-membered cyclic amide) rings is 1. The Bertz CT molecular complexity index is 1450. The lowest BCUT2D eigenvalue weighted by Gasteiger charge is -2.57. The van der Waals surface area contributed by atoms with Gasteiger partial charge in [-0.1, -0.05) is 72.3 Å². The van der Waals surface area contributed by atoms with Crippen LogP contribution in [0.4, 0.5) is 0 Å². The Hall–Kier alpha value is -4.12. The van der Waals surface area contributed by atoms with Gasteiger partial charge in [-0.15, -0.1) is 16.8 Å². The molecule has 0 bridgehead atoms. The predicted octanol–water partition coefficient (Wildman–Crippen LogP) is 4.52. The van der Waals surface area contributed by atoms with Gasteiger partial charge >= 0.3 is 5.97 Å². The molecule has 2 heterocycles. The molecule has 41 heavy (non-hydrogen) atoms. The van der Waals surface area contributed by atoms with Crippen molar-refractivity contribution in [1.29, 1.82) is 0 Å². The van der Waals surface area contributed by atoms with Gasteiger partial charge < -0.3 is 14.3 Å². The molecule has 2 aliphatic heterocycles. The summed E-state index contributed by atoms with van der Waals surface area (Å²) >= 11 is 6.92. The fraction of sp³-hybridized carbons (Fsp3) is 0.200. The van der Waals surface area contributed by atoms with Crippen molar-refractivity contribution in [2.45, 2.75) is 29.4 Å². The van der Waals surface area contributed by atoms with Crippen LogP contribution in [-0.2, 0) is 28.7 Å². The molecule has 0 spiro atoms. The molecule has 0 saturated carbocycles. The SMILES string of the molecule is COC1(N(Oc2ccc(Cl)cc2)C(C)=O)C(=O)N2C=C(C=O)C(C(=O)OC(c3ccccc3)c3ccccc3)S[C@@H]21. The number of carbonyl (C=O) groups is 4. The van der Waals surface area contributed by atoms with E-state index in [0.29, 0.717) is 11.3 Å². The second kappa shape index (κ2) is 11.8. The average molecular weight is 593 g/mol. The normalized spacial score (nSPS) is 21.3. The molecule has 9 nitrogen and oxygen atoms in total. The molecular weight excluding hydrogens is 568 g/mol. The highest BCUT2D eigenvalue weighted by Gasteiger charge is 2.70. The zero-order valence-electron chi connectivity index (χ0n) is 22.0. The maximum absolute atomic E-state index is 13.7. The molecule has 210 valence electrons. The zero-order chi connectivity index (χ0) is 29.1. The number of fused-ring (bicyclic) bond motifs is 1. The van der Waals surface area contributed by atoms with Crippen LogP contribution >= 0.6 is 23.4 Å². The van der Waals surface area contributed by atoms with Crippen molar-refractivity contribution < 1.29 is 33.5 Å². The number of hydroxylamine groups is 2. The molecule has 3 aromatic rings. The van der Waals surface area contributed by atoms with E-state index in [9.17, 15) is 19.2 Å². The van der Waals surface area contributed by atoms with Gasteiger partial charge in [0.2, 0.25) is 0 Å². The Labute approximate surface area is 245 Å². The number of rotatable bonds is 9. The Balaban J connectivity index is 1.45. The van der Waals surface area contributed by atoms with Gasteiger partial charge in [0.15, 0.2) is 11.9 Å². The number of benzene rings is 3. The third kappa shape index (κ3) is 5.21. The van der Waals surface area contributed by atoms with Gasteiger partial charge in [0.1, 0.15) is 16.9 Å². The summed E-state index contributed by atoms with van der Waals surface area (Å²) in [6.07, 6.45) is 1.07. The van der Waals surface area contributed by atoms with E-state index in [1.807, 2.05) is 60.7 Å². The third-order valence-corrected chi connectivity index (χ3v) is 8.48. The summed E-state index contributed by atoms with van der Waals surface area (Å²) in [5.41, 5.74) is -0.384. The van der Waals surface area contributed by atoms with Gasteiger partial charge in [0.25, 0.3) is 17.5 Å².